The molecule has 2 aliphatic rings. The van der Waals surface area contributed by atoms with Crippen molar-refractivity contribution < 1.29 is 9.47 Å². The zero-order valence-corrected chi connectivity index (χ0v) is 40.5. The van der Waals surface area contributed by atoms with Gasteiger partial charge in [0.25, 0.3) is 0 Å². The van der Waals surface area contributed by atoms with Crippen molar-refractivity contribution in [3.8, 4) is 34.1 Å². The molecule has 0 fully saturated rings. The number of ether oxygens (including phenoxy) is 2. The van der Waals surface area contributed by atoms with E-state index >= 15 is 0 Å². The van der Waals surface area contributed by atoms with Crippen molar-refractivity contribution in [3.63, 3.8) is 0 Å². The third-order valence-electron chi connectivity index (χ3n) is 14.4. The normalized spacial score (nSPS) is 13.2. The average Bonchev–Trinajstić information content (AvgIpc) is 3.33. The second-order valence-electron chi connectivity index (χ2n) is 20.5. The SMILES string of the molecule is CC(C)(C)c1ccc2c(c1)B1c3cc(C(C)(C)C)ccc3Oc3cc(-c4cc[c]([Ge]([c]5ccc6ccccc6c5)([c]5ccc6ccccc6c5)[c]5ccc6ccccc6c5)cc4)cc(c31)O2. The monoisotopic (exact) mass is 912 g/mol. The van der Waals surface area contributed by atoms with Crippen molar-refractivity contribution in [2.24, 2.45) is 0 Å². The first-order chi connectivity index (χ1) is 31.9. The number of hydrogen-bond donors (Lipinski definition) is 0. The fourth-order valence-electron chi connectivity index (χ4n) is 10.8. The fourth-order valence-corrected chi connectivity index (χ4v) is 20.8. The average molecular weight is 912 g/mol. The van der Waals surface area contributed by atoms with E-state index in [0.29, 0.717) is 0 Å². The Kier molecular flexibility index (Phi) is 9.32. The topological polar surface area (TPSA) is 18.5 Å². The van der Waals surface area contributed by atoms with Crippen LogP contribution in [0.1, 0.15) is 52.7 Å². The molecule has 12 rings (SSSR count). The minimum absolute atomic E-state index is 0.00620. The number of benzene rings is 10. The number of fused-ring (bicyclic) bond motifs is 7. The predicted octanol–water partition coefficient (Wildman–Crippen LogP) is 11.5. The van der Waals surface area contributed by atoms with Gasteiger partial charge in [0.2, 0.25) is 0 Å². The Labute approximate surface area is 391 Å². The van der Waals surface area contributed by atoms with Crippen molar-refractivity contribution in [3.05, 3.63) is 211 Å². The van der Waals surface area contributed by atoms with Gasteiger partial charge in [0.05, 0.1) is 0 Å². The summed E-state index contributed by atoms with van der Waals surface area (Å²) >= 11 is -3.79. The maximum atomic E-state index is 6.95. The molecule has 0 unspecified atom stereocenters. The van der Waals surface area contributed by atoms with Gasteiger partial charge < -0.3 is 0 Å². The Morgan fingerprint density at radius 3 is 1.11 bits per heavy atom. The number of rotatable bonds is 5. The second-order valence-corrected chi connectivity index (χ2v) is 28.5. The zero-order valence-electron chi connectivity index (χ0n) is 38.4. The summed E-state index contributed by atoms with van der Waals surface area (Å²) in [4.78, 5) is 0. The molecule has 0 aliphatic carbocycles. The van der Waals surface area contributed by atoms with Gasteiger partial charge in [-0.2, -0.15) is 0 Å². The van der Waals surface area contributed by atoms with Crippen LogP contribution in [0.15, 0.2) is 200 Å². The van der Waals surface area contributed by atoms with Gasteiger partial charge in [-0.25, -0.2) is 0 Å². The van der Waals surface area contributed by atoms with Gasteiger partial charge in [-0.05, 0) is 10.8 Å². The van der Waals surface area contributed by atoms with Gasteiger partial charge in [-0.15, -0.1) is 0 Å². The minimum atomic E-state index is -3.79. The molecule has 0 aromatic heterocycles. The van der Waals surface area contributed by atoms with Crippen molar-refractivity contribution >= 4 is 86.3 Å². The van der Waals surface area contributed by atoms with E-state index in [1.54, 1.807) is 0 Å². The maximum absolute atomic E-state index is 6.95. The molecule has 2 nitrogen and oxygen atoms in total. The van der Waals surface area contributed by atoms with Crippen molar-refractivity contribution in [2.75, 3.05) is 0 Å². The standard InChI is InChI=1S/C62H51BGeO2/c1-61(2,3)48-24-31-56-54(38-48)63-55-39-49(62(4,5)6)25-32-57(55)66-59-37-47(36-58(65-56)60(59)63)43-19-26-50(27-20-43)64(51-28-21-40-13-7-10-16-44(40)33-51,52-29-22-41-14-8-11-17-45(41)34-52)53-30-23-42-15-9-12-18-46(42)35-53/h7-39H,1-6H3. The molecule has 0 atom stereocenters. The first kappa shape index (κ1) is 40.7. The van der Waals surface area contributed by atoms with Gasteiger partial charge in [0.1, 0.15) is 0 Å². The van der Waals surface area contributed by atoms with E-state index in [1.807, 2.05) is 0 Å². The van der Waals surface area contributed by atoms with Crippen molar-refractivity contribution in [2.45, 2.75) is 52.4 Å². The van der Waals surface area contributed by atoms with Crippen LogP contribution < -0.4 is 43.4 Å². The van der Waals surface area contributed by atoms with Crippen LogP contribution in [0.2, 0.25) is 0 Å². The molecule has 0 radical (unpaired) electrons. The molecule has 2 aliphatic heterocycles. The molecule has 4 heteroatoms. The van der Waals surface area contributed by atoms with E-state index in [9.17, 15) is 0 Å². The Morgan fingerprint density at radius 1 is 0.333 bits per heavy atom. The van der Waals surface area contributed by atoms with E-state index in [2.05, 4.69) is 242 Å². The Hall–Kier alpha value is -6.81. The van der Waals surface area contributed by atoms with Crippen LogP contribution >= 0.6 is 0 Å². The van der Waals surface area contributed by atoms with E-state index in [1.165, 1.54) is 72.0 Å². The molecular formula is C62H51BGeO2. The fraction of sp³-hybridized carbons (Fsp3) is 0.129. The van der Waals surface area contributed by atoms with E-state index in [0.717, 1.165) is 39.6 Å². The molecule has 0 saturated carbocycles. The Morgan fingerprint density at radius 2 is 0.712 bits per heavy atom. The Balaban J connectivity index is 1.05. The molecule has 2 heterocycles. The van der Waals surface area contributed by atoms with Crippen LogP contribution in [0.25, 0.3) is 43.4 Å². The van der Waals surface area contributed by atoms with E-state index in [4.69, 9.17) is 9.47 Å². The van der Waals surface area contributed by atoms with Crippen LogP contribution in [0.4, 0.5) is 0 Å². The summed E-state index contributed by atoms with van der Waals surface area (Å²) in [6.45, 7) is 13.7. The molecular weight excluding hydrogens is 860 g/mol. The van der Waals surface area contributed by atoms with Crippen LogP contribution in [-0.4, -0.2) is 20.0 Å². The molecule has 0 saturated heterocycles. The van der Waals surface area contributed by atoms with E-state index in [-0.39, 0.29) is 17.5 Å². The van der Waals surface area contributed by atoms with Crippen molar-refractivity contribution in [1.82, 2.24) is 0 Å². The first-order valence-corrected chi connectivity index (χ1v) is 27.5. The molecule has 0 amide bonds. The third-order valence-corrected chi connectivity index (χ3v) is 24.3. The van der Waals surface area contributed by atoms with Crippen LogP contribution in [-0.2, 0) is 10.8 Å². The van der Waals surface area contributed by atoms with Gasteiger partial charge in [0, 0.05) is 0 Å². The van der Waals surface area contributed by atoms with E-state index < -0.39 is 13.3 Å². The van der Waals surface area contributed by atoms with Crippen LogP contribution in [0.3, 0.4) is 0 Å². The van der Waals surface area contributed by atoms with Gasteiger partial charge in [-0.3, -0.25) is 0 Å². The van der Waals surface area contributed by atoms with Crippen molar-refractivity contribution in [1.29, 1.82) is 0 Å². The molecule has 0 bridgehead atoms. The molecule has 0 spiro atoms. The molecule has 0 N–H and O–H groups in total. The molecule has 318 valence electrons. The molecule has 66 heavy (non-hydrogen) atoms. The second kappa shape index (κ2) is 15.1. The molecule has 10 aromatic rings. The van der Waals surface area contributed by atoms with Gasteiger partial charge >= 0.3 is 341 Å². The third kappa shape index (κ3) is 6.62. The van der Waals surface area contributed by atoms with Gasteiger partial charge in [-0.1, -0.05) is 41.5 Å². The first-order valence-electron chi connectivity index (χ1n) is 23.3. The predicted molar refractivity (Wildman–Crippen MR) is 283 cm³/mol. The molecule has 10 aromatic carbocycles. The summed E-state index contributed by atoms with van der Waals surface area (Å²) < 4.78 is 19.5. The Bertz CT molecular complexity index is 3300. The van der Waals surface area contributed by atoms with Gasteiger partial charge in [0.15, 0.2) is 0 Å². The quantitative estimate of drug-likeness (QED) is 0.160. The summed E-state index contributed by atoms with van der Waals surface area (Å²) in [5, 5.41) is 7.54. The zero-order chi connectivity index (χ0) is 45.0. The summed E-state index contributed by atoms with van der Waals surface area (Å²) in [7, 11) is 0. The van der Waals surface area contributed by atoms with Crippen LogP contribution in [0.5, 0.6) is 23.0 Å². The summed E-state index contributed by atoms with van der Waals surface area (Å²) in [6, 6.07) is 75.6. The number of hydrogen-bond acceptors (Lipinski definition) is 2. The summed E-state index contributed by atoms with van der Waals surface area (Å²) in [5.74, 6) is 3.53. The summed E-state index contributed by atoms with van der Waals surface area (Å²) in [5.41, 5.74) is 8.26. The summed E-state index contributed by atoms with van der Waals surface area (Å²) in [6.07, 6.45) is 0. The van der Waals surface area contributed by atoms with Crippen LogP contribution in [0, 0.1) is 0 Å².